The van der Waals surface area contributed by atoms with E-state index in [1.54, 1.807) is 0 Å². The highest BCUT2D eigenvalue weighted by molar-refractivity contribution is 9.09. The summed E-state index contributed by atoms with van der Waals surface area (Å²) < 4.78 is 31.6. The molecule has 0 aliphatic heterocycles. The quantitative estimate of drug-likeness (QED) is 0.636. The van der Waals surface area contributed by atoms with Crippen LogP contribution in [0.15, 0.2) is 18.2 Å². The normalized spacial score (nSPS) is 28.7. The van der Waals surface area contributed by atoms with E-state index in [0.29, 0.717) is 5.92 Å². The van der Waals surface area contributed by atoms with Gasteiger partial charge in [-0.3, -0.25) is 9.59 Å². The van der Waals surface area contributed by atoms with Crippen molar-refractivity contribution in [2.45, 2.75) is 30.5 Å². The highest BCUT2D eigenvalue weighted by Crippen LogP contribution is 2.57. The number of alkyl halides is 1. The minimum Gasteiger partial charge on any atom is -0.455 e. The maximum Gasteiger partial charge on any atom is 0.313 e. The molecule has 3 rings (SSSR count). The molecular formula is C16H16BrF2NO3. The lowest BCUT2D eigenvalue weighted by atomic mass is 9.84. The summed E-state index contributed by atoms with van der Waals surface area (Å²) >= 11 is 3.54. The standard InChI is InChI=1S/C16H16BrF2NO3/c17-13-5-9-3-4-16(13,7-9)15(22)23-8-14(21)20-12-6-10(18)1-2-11(12)19/h1-2,6,9,13H,3-5,7-8H2,(H,20,21). The Balaban J connectivity index is 1.57. The number of ether oxygens (including phenoxy) is 1. The maximum atomic E-state index is 13.5. The van der Waals surface area contributed by atoms with Gasteiger partial charge >= 0.3 is 5.97 Å². The second kappa shape index (κ2) is 6.19. The molecule has 0 saturated heterocycles. The molecule has 2 aliphatic carbocycles. The molecule has 0 spiro atoms. The molecule has 124 valence electrons. The molecule has 0 heterocycles. The summed E-state index contributed by atoms with van der Waals surface area (Å²) in [5.74, 6) is -1.98. The predicted octanol–water partition coefficient (Wildman–Crippen LogP) is 3.40. The van der Waals surface area contributed by atoms with Crippen LogP contribution in [0.4, 0.5) is 14.5 Å². The number of esters is 1. The number of halogens is 3. The molecule has 2 aliphatic rings. The molecule has 2 bridgehead atoms. The number of amides is 1. The van der Waals surface area contributed by atoms with Gasteiger partial charge in [0, 0.05) is 10.9 Å². The topological polar surface area (TPSA) is 55.4 Å². The second-order valence-electron chi connectivity index (χ2n) is 6.22. The van der Waals surface area contributed by atoms with Crippen LogP contribution in [0.5, 0.6) is 0 Å². The number of hydrogen-bond acceptors (Lipinski definition) is 3. The van der Waals surface area contributed by atoms with Crippen LogP contribution < -0.4 is 5.32 Å². The van der Waals surface area contributed by atoms with Crippen molar-refractivity contribution in [3.63, 3.8) is 0 Å². The van der Waals surface area contributed by atoms with E-state index < -0.39 is 35.5 Å². The fourth-order valence-corrected chi connectivity index (χ4v) is 4.68. The Morgan fingerprint density at radius 3 is 2.83 bits per heavy atom. The van der Waals surface area contributed by atoms with Gasteiger partial charge in [0.05, 0.1) is 11.1 Å². The third kappa shape index (κ3) is 3.11. The fraction of sp³-hybridized carbons (Fsp3) is 0.500. The average molecular weight is 388 g/mol. The van der Waals surface area contributed by atoms with Crippen LogP contribution in [-0.2, 0) is 14.3 Å². The number of fused-ring (bicyclic) bond motifs is 2. The monoisotopic (exact) mass is 387 g/mol. The van der Waals surface area contributed by atoms with Crippen LogP contribution >= 0.6 is 15.9 Å². The van der Waals surface area contributed by atoms with Gasteiger partial charge in [-0.2, -0.15) is 0 Å². The lowest BCUT2D eigenvalue weighted by Crippen LogP contribution is -2.37. The highest BCUT2D eigenvalue weighted by atomic mass is 79.9. The van der Waals surface area contributed by atoms with Crippen molar-refractivity contribution < 1.29 is 23.1 Å². The average Bonchev–Trinajstić information content (AvgIpc) is 3.07. The SMILES string of the molecule is O=C(COC(=O)C12CCC(CC1Br)C2)Nc1cc(F)ccc1F. The van der Waals surface area contributed by atoms with Crippen LogP contribution in [-0.4, -0.2) is 23.3 Å². The number of benzene rings is 1. The van der Waals surface area contributed by atoms with Crippen molar-refractivity contribution in [1.29, 1.82) is 0 Å². The van der Waals surface area contributed by atoms with Crippen LogP contribution in [0.25, 0.3) is 0 Å². The Labute approximate surface area is 140 Å². The van der Waals surface area contributed by atoms with E-state index in [4.69, 9.17) is 4.74 Å². The number of nitrogens with one attached hydrogen (secondary N) is 1. The first-order valence-corrected chi connectivity index (χ1v) is 8.38. The molecule has 3 unspecified atom stereocenters. The zero-order chi connectivity index (χ0) is 16.6. The van der Waals surface area contributed by atoms with Crippen LogP contribution in [0.2, 0.25) is 0 Å². The van der Waals surface area contributed by atoms with Crippen molar-refractivity contribution in [2.24, 2.45) is 11.3 Å². The summed E-state index contributed by atoms with van der Waals surface area (Å²) in [6.07, 6.45) is 3.47. The molecule has 1 aromatic rings. The Bertz CT molecular complexity index is 654. The molecular weight excluding hydrogens is 372 g/mol. The van der Waals surface area contributed by atoms with Crippen molar-refractivity contribution in [3.8, 4) is 0 Å². The van der Waals surface area contributed by atoms with Gasteiger partial charge in [0.2, 0.25) is 0 Å². The van der Waals surface area contributed by atoms with E-state index in [2.05, 4.69) is 21.2 Å². The molecule has 0 radical (unpaired) electrons. The van der Waals surface area contributed by atoms with E-state index in [1.807, 2.05) is 0 Å². The smallest absolute Gasteiger partial charge is 0.313 e. The summed E-state index contributed by atoms with van der Waals surface area (Å²) in [6, 6.07) is 2.75. The summed E-state index contributed by atoms with van der Waals surface area (Å²) in [7, 11) is 0. The molecule has 4 nitrogen and oxygen atoms in total. The van der Waals surface area contributed by atoms with Gasteiger partial charge in [-0.25, -0.2) is 8.78 Å². The first kappa shape index (κ1) is 16.4. The molecule has 2 saturated carbocycles. The minimum absolute atomic E-state index is 0.0741. The predicted molar refractivity (Wildman–Crippen MR) is 83.1 cm³/mol. The highest BCUT2D eigenvalue weighted by Gasteiger charge is 2.56. The number of anilines is 1. The Morgan fingerprint density at radius 1 is 1.39 bits per heavy atom. The molecule has 1 N–H and O–H groups in total. The zero-order valence-electron chi connectivity index (χ0n) is 12.3. The van der Waals surface area contributed by atoms with Crippen LogP contribution in [0.3, 0.4) is 0 Å². The molecule has 1 amide bonds. The van der Waals surface area contributed by atoms with E-state index in [1.165, 1.54) is 0 Å². The van der Waals surface area contributed by atoms with Gasteiger partial charge < -0.3 is 10.1 Å². The van der Waals surface area contributed by atoms with Gasteiger partial charge in [-0.05, 0) is 43.7 Å². The molecule has 3 atom stereocenters. The zero-order valence-corrected chi connectivity index (χ0v) is 13.9. The lowest BCUT2D eigenvalue weighted by molar-refractivity contribution is -0.157. The molecule has 0 aromatic heterocycles. The second-order valence-corrected chi connectivity index (χ2v) is 7.32. The van der Waals surface area contributed by atoms with E-state index in [-0.39, 0.29) is 10.5 Å². The molecule has 7 heteroatoms. The van der Waals surface area contributed by atoms with E-state index >= 15 is 0 Å². The Hall–Kier alpha value is -1.50. The van der Waals surface area contributed by atoms with Gasteiger partial charge in [-0.1, -0.05) is 15.9 Å². The summed E-state index contributed by atoms with van der Waals surface area (Å²) in [5.41, 5.74) is -0.820. The summed E-state index contributed by atoms with van der Waals surface area (Å²) in [5, 5.41) is 2.21. The molecule has 2 fully saturated rings. The van der Waals surface area contributed by atoms with Crippen molar-refractivity contribution in [1.82, 2.24) is 0 Å². The van der Waals surface area contributed by atoms with Crippen molar-refractivity contribution >= 4 is 33.5 Å². The van der Waals surface area contributed by atoms with Gasteiger partial charge in [0.25, 0.3) is 5.91 Å². The maximum absolute atomic E-state index is 13.5. The first-order chi connectivity index (χ1) is 10.9. The van der Waals surface area contributed by atoms with Crippen LogP contribution in [0, 0.1) is 23.0 Å². The summed E-state index contributed by atoms with van der Waals surface area (Å²) in [4.78, 5) is 24.2. The lowest BCUT2D eigenvalue weighted by Gasteiger charge is -2.28. The number of carbonyl (C=O) groups is 2. The third-order valence-corrected chi connectivity index (χ3v) is 5.99. The third-order valence-electron chi connectivity index (χ3n) is 4.73. The Kier molecular flexibility index (Phi) is 4.40. The number of rotatable bonds is 4. The fourth-order valence-electron chi connectivity index (χ4n) is 3.55. The first-order valence-electron chi connectivity index (χ1n) is 7.47. The Morgan fingerprint density at radius 2 is 2.17 bits per heavy atom. The van der Waals surface area contributed by atoms with Gasteiger partial charge in [0.15, 0.2) is 6.61 Å². The van der Waals surface area contributed by atoms with E-state index in [0.717, 1.165) is 43.9 Å². The van der Waals surface area contributed by atoms with E-state index in [9.17, 15) is 18.4 Å². The van der Waals surface area contributed by atoms with Gasteiger partial charge in [0.1, 0.15) is 11.6 Å². The van der Waals surface area contributed by atoms with Crippen LogP contribution in [0.1, 0.15) is 25.7 Å². The number of carbonyl (C=O) groups excluding carboxylic acids is 2. The molecule has 1 aromatic carbocycles. The van der Waals surface area contributed by atoms with Crippen molar-refractivity contribution in [3.05, 3.63) is 29.8 Å². The molecule has 23 heavy (non-hydrogen) atoms. The minimum atomic E-state index is -0.750. The number of hydrogen-bond donors (Lipinski definition) is 1. The van der Waals surface area contributed by atoms with Gasteiger partial charge in [-0.15, -0.1) is 0 Å². The largest absolute Gasteiger partial charge is 0.455 e. The van der Waals surface area contributed by atoms with Crippen molar-refractivity contribution in [2.75, 3.05) is 11.9 Å². The summed E-state index contributed by atoms with van der Waals surface area (Å²) in [6.45, 7) is -0.513.